The molecule has 30 valence electrons. The SMILES string of the molecule is C[C+](C)CN. The van der Waals surface area contributed by atoms with Crippen molar-refractivity contribution in [3.8, 4) is 0 Å². The van der Waals surface area contributed by atoms with Crippen LogP contribution in [0.4, 0.5) is 0 Å². The number of hydrogen-bond acceptors (Lipinski definition) is 1. The van der Waals surface area contributed by atoms with Crippen LogP contribution in [-0.2, 0) is 0 Å². The van der Waals surface area contributed by atoms with Gasteiger partial charge in [-0.15, -0.1) is 0 Å². The molecule has 0 atom stereocenters. The van der Waals surface area contributed by atoms with Crippen molar-refractivity contribution in [1.29, 1.82) is 0 Å². The molecule has 0 aliphatic rings. The van der Waals surface area contributed by atoms with Gasteiger partial charge in [0, 0.05) is 0 Å². The van der Waals surface area contributed by atoms with E-state index in [0.717, 1.165) is 6.54 Å². The molecule has 0 amide bonds. The van der Waals surface area contributed by atoms with Crippen LogP contribution in [0.3, 0.4) is 0 Å². The van der Waals surface area contributed by atoms with Gasteiger partial charge < -0.3 is 0 Å². The summed E-state index contributed by atoms with van der Waals surface area (Å²) < 4.78 is 0. The normalized spacial score (nSPS) is 7.80. The summed E-state index contributed by atoms with van der Waals surface area (Å²) in [6.45, 7) is 4.75. The first-order valence-corrected chi connectivity index (χ1v) is 1.76. The van der Waals surface area contributed by atoms with E-state index in [9.17, 15) is 0 Å². The summed E-state index contributed by atoms with van der Waals surface area (Å²) in [6.07, 6.45) is 0. The van der Waals surface area contributed by atoms with Gasteiger partial charge in [0.15, 0.2) is 0 Å². The number of hydrogen-bond donors (Lipinski definition) is 1. The highest BCUT2D eigenvalue weighted by Crippen LogP contribution is 1.85. The van der Waals surface area contributed by atoms with Gasteiger partial charge in [-0.2, -0.15) is 0 Å². The average molecular weight is 72.1 g/mol. The zero-order chi connectivity index (χ0) is 4.28. The molecule has 0 aromatic heterocycles. The third-order valence-corrected chi connectivity index (χ3v) is 0.408. The Bertz CT molecular complexity index is 17.6. The van der Waals surface area contributed by atoms with Crippen molar-refractivity contribution >= 4 is 0 Å². The minimum Gasteiger partial charge on any atom is -0.293 e. The molecular formula is C4H10N+. The van der Waals surface area contributed by atoms with Crippen LogP contribution in [0.1, 0.15) is 13.8 Å². The quantitative estimate of drug-likeness (QED) is 0.450. The van der Waals surface area contributed by atoms with Crippen LogP contribution >= 0.6 is 0 Å². The van der Waals surface area contributed by atoms with Crippen molar-refractivity contribution in [1.82, 2.24) is 0 Å². The molecule has 0 aliphatic heterocycles. The lowest BCUT2D eigenvalue weighted by molar-refractivity contribution is 0.964. The van der Waals surface area contributed by atoms with Crippen molar-refractivity contribution in [2.24, 2.45) is 5.73 Å². The van der Waals surface area contributed by atoms with E-state index in [0.29, 0.717) is 0 Å². The maximum Gasteiger partial charge on any atom is 0.138 e. The van der Waals surface area contributed by atoms with Crippen LogP contribution in [-0.4, -0.2) is 6.54 Å². The molecule has 2 N–H and O–H groups in total. The van der Waals surface area contributed by atoms with Crippen LogP contribution in [0.15, 0.2) is 0 Å². The summed E-state index contributed by atoms with van der Waals surface area (Å²) in [5.41, 5.74) is 5.13. The van der Waals surface area contributed by atoms with Crippen molar-refractivity contribution < 1.29 is 0 Å². The van der Waals surface area contributed by atoms with Gasteiger partial charge in [0.2, 0.25) is 0 Å². The molecule has 0 spiro atoms. The van der Waals surface area contributed by atoms with E-state index >= 15 is 0 Å². The summed E-state index contributed by atoms with van der Waals surface area (Å²) in [4.78, 5) is 0. The second kappa shape index (κ2) is 2.09. The summed E-state index contributed by atoms with van der Waals surface area (Å²) in [5.74, 6) is 1.28. The molecule has 0 aromatic rings. The van der Waals surface area contributed by atoms with Crippen molar-refractivity contribution in [3.05, 3.63) is 5.92 Å². The Morgan fingerprint density at radius 2 is 1.80 bits per heavy atom. The number of nitrogens with two attached hydrogens (primary N) is 1. The third-order valence-electron chi connectivity index (χ3n) is 0.408. The van der Waals surface area contributed by atoms with Crippen molar-refractivity contribution in [3.63, 3.8) is 0 Å². The van der Waals surface area contributed by atoms with Gasteiger partial charge in [0.1, 0.15) is 6.54 Å². The highest BCUT2D eigenvalue weighted by molar-refractivity contribution is 4.76. The average Bonchev–Trinajstić information content (AvgIpc) is 1.38. The van der Waals surface area contributed by atoms with Crippen LogP contribution in [0.2, 0.25) is 0 Å². The molecule has 0 aliphatic carbocycles. The topological polar surface area (TPSA) is 26.0 Å². The largest absolute Gasteiger partial charge is 0.293 e. The van der Waals surface area contributed by atoms with Crippen LogP contribution in [0, 0.1) is 5.92 Å². The Hall–Kier alpha value is -0.170. The Morgan fingerprint density at radius 1 is 1.60 bits per heavy atom. The van der Waals surface area contributed by atoms with Gasteiger partial charge in [0.05, 0.1) is 19.8 Å². The smallest absolute Gasteiger partial charge is 0.138 e. The molecule has 1 heteroatoms. The van der Waals surface area contributed by atoms with Gasteiger partial charge in [-0.25, -0.2) is 0 Å². The summed E-state index contributed by atoms with van der Waals surface area (Å²) >= 11 is 0. The molecule has 0 rings (SSSR count). The van der Waals surface area contributed by atoms with Gasteiger partial charge >= 0.3 is 0 Å². The molecule has 0 bridgehead atoms. The van der Waals surface area contributed by atoms with E-state index in [1.807, 2.05) is 13.8 Å². The Morgan fingerprint density at radius 3 is 1.80 bits per heavy atom. The predicted molar refractivity (Wildman–Crippen MR) is 23.6 cm³/mol. The Labute approximate surface area is 33.2 Å². The lowest BCUT2D eigenvalue weighted by Gasteiger charge is -1.78. The van der Waals surface area contributed by atoms with Crippen molar-refractivity contribution in [2.45, 2.75) is 13.8 Å². The Balaban J connectivity index is 2.54. The van der Waals surface area contributed by atoms with E-state index in [1.54, 1.807) is 0 Å². The minimum atomic E-state index is 0.722. The second-order valence-corrected chi connectivity index (χ2v) is 1.41. The molecule has 0 heterocycles. The van der Waals surface area contributed by atoms with Crippen molar-refractivity contribution in [2.75, 3.05) is 6.54 Å². The monoisotopic (exact) mass is 72.1 g/mol. The van der Waals surface area contributed by atoms with Crippen LogP contribution < -0.4 is 5.73 Å². The molecular weight excluding hydrogens is 62.1 g/mol. The summed E-state index contributed by atoms with van der Waals surface area (Å²) in [7, 11) is 0. The molecule has 5 heavy (non-hydrogen) atoms. The molecule has 0 unspecified atom stereocenters. The van der Waals surface area contributed by atoms with E-state index < -0.39 is 0 Å². The van der Waals surface area contributed by atoms with Gasteiger partial charge in [0.25, 0.3) is 0 Å². The molecule has 0 saturated heterocycles. The Kier molecular flexibility index (Phi) is 2.02. The highest BCUT2D eigenvalue weighted by Gasteiger charge is 1.93. The first-order valence-electron chi connectivity index (χ1n) is 1.76. The molecule has 0 saturated carbocycles. The fourth-order valence-corrected chi connectivity index (χ4v) is 0. The molecule has 1 nitrogen and oxygen atoms in total. The number of rotatable bonds is 1. The lowest BCUT2D eigenvalue weighted by atomic mass is 10.2. The fourth-order valence-electron chi connectivity index (χ4n) is 0. The summed E-state index contributed by atoms with van der Waals surface area (Å²) in [5, 5.41) is 0. The maximum absolute atomic E-state index is 5.13. The standard InChI is InChI=1S/C4H10N/c1-4(2)3-5/h3,5H2,1-2H3/q+1. The van der Waals surface area contributed by atoms with E-state index in [4.69, 9.17) is 5.73 Å². The second-order valence-electron chi connectivity index (χ2n) is 1.41. The highest BCUT2D eigenvalue weighted by atomic mass is 14.5. The molecule has 0 fully saturated rings. The van der Waals surface area contributed by atoms with Gasteiger partial charge in [-0.05, 0) is 0 Å². The third kappa shape index (κ3) is 3.83. The molecule has 0 radical (unpaired) electrons. The first-order chi connectivity index (χ1) is 2.27. The van der Waals surface area contributed by atoms with Crippen LogP contribution in [0.5, 0.6) is 0 Å². The van der Waals surface area contributed by atoms with Crippen LogP contribution in [0.25, 0.3) is 0 Å². The van der Waals surface area contributed by atoms with E-state index in [2.05, 4.69) is 0 Å². The first kappa shape index (κ1) is 4.83. The molecule has 0 aromatic carbocycles. The van der Waals surface area contributed by atoms with Gasteiger partial charge in [-0.3, -0.25) is 5.73 Å². The van der Waals surface area contributed by atoms with Gasteiger partial charge in [-0.1, -0.05) is 0 Å². The van der Waals surface area contributed by atoms with E-state index in [1.165, 1.54) is 5.92 Å². The van der Waals surface area contributed by atoms with E-state index in [-0.39, 0.29) is 0 Å². The summed E-state index contributed by atoms with van der Waals surface area (Å²) in [6, 6.07) is 0. The zero-order valence-corrected chi connectivity index (χ0v) is 3.78. The zero-order valence-electron chi connectivity index (χ0n) is 3.78. The lowest BCUT2D eigenvalue weighted by Crippen LogP contribution is -2.03. The fraction of sp³-hybridized carbons (Fsp3) is 0.750. The predicted octanol–water partition coefficient (Wildman–Crippen LogP) is 0.559. The maximum atomic E-state index is 5.13. The minimum absolute atomic E-state index is 0.722.